The minimum Gasteiger partial charge on any atom is -0.396 e. The maximum atomic E-state index is 10.2. The molecule has 0 heterocycles. The number of carbonyl (C=O) groups is 1. The Labute approximate surface area is 67.2 Å². The van der Waals surface area contributed by atoms with Crippen molar-refractivity contribution in [3.05, 3.63) is 23.5 Å². The molecule has 0 radical (unpaired) electrons. The van der Waals surface area contributed by atoms with Crippen LogP contribution >= 0.6 is 0 Å². The molecular formula is C8H14N2O. The van der Waals surface area contributed by atoms with Crippen LogP contribution in [0.25, 0.3) is 0 Å². The third kappa shape index (κ3) is 4.19. The lowest BCUT2D eigenvalue weighted by Crippen LogP contribution is -2.03. The van der Waals surface area contributed by atoms with Gasteiger partial charge in [0, 0.05) is 14.1 Å². The molecule has 62 valence electrons. The van der Waals surface area contributed by atoms with Crippen LogP contribution < -0.4 is 5.73 Å². The quantitative estimate of drug-likeness (QED) is 0.365. The van der Waals surface area contributed by atoms with Crippen molar-refractivity contribution in [2.45, 2.75) is 6.92 Å². The number of hydrogen-bond acceptors (Lipinski definition) is 3. The van der Waals surface area contributed by atoms with E-state index < -0.39 is 0 Å². The SMILES string of the molecule is CC(/C=C\N(C)C)=C(\N)C=O. The van der Waals surface area contributed by atoms with Gasteiger partial charge < -0.3 is 10.6 Å². The predicted octanol–water partition coefficient (Wildman–Crippen LogP) is 0.493. The fraction of sp³-hybridized carbons (Fsp3) is 0.375. The normalized spacial score (nSPS) is 13.0. The molecule has 0 aliphatic heterocycles. The summed E-state index contributed by atoms with van der Waals surface area (Å²) in [7, 11) is 3.81. The molecule has 0 aromatic carbocycles. The number of hydrogen-bond donors (Lipinski definition) is 1. The van der Waals surface area contributed by atoms with Gasteiger partial charge in [-0.2, -0.15) is 0 Å². The fourth-order valence-electron chi connectivity index (χ4n) is 0.450. The van der Waals surface area contributed by atoms with Gasteiger partial charge in [-0.05, 0) is 24.8 Å². The number of nitrogens with two attached hydrogens (primary N) is 1. The van der Waals surface area contributed by atoms with E-state index in [4.69, 9.17) is 5.73 Å². The minimum absolute atomic E-state index is 0.281. The first-order chi connectivity index (χ1) is 5.07. The molecule has 0 rings (SSSR count). The third-order valence-corrected chi connectivity index (χ3v) is 1.20. The van der Waals surface area contributed by atoms with Crippen LogP contribution in [0.3, 0.4) is 0 Å². The van der Waals surface area contributed by atoms with E-state index in [0.29, 0.717) is 6.29 Å². The Bertz CT molecular complexity index is 192. The molecule has 0 spiro atoms. The summed E-state index contributed by atoms with van der Waals surface area (Å²) in [6, 6.07) is 0. The average molecular weight is 154 g/mol. The number of allylic oxidation sites excluding steroid dienone is 3. The molecule has 11 heavy (non-hydrogen) atoms. The van der Waals surface area contributed by atoms with Crippen molar-refractivity contribution < 1.29 is 4.79 Å². The van der Waals surface area contributed by atoms with Gasteiger partial charge in [0.05, 0.1) is 5.70 Å². The van der Waals surface area contributed by atoms with Crippen LogP contribution in [0.15, 0.2) is 23.5 Å². The summed E-state index contributed by atoms with van der Waals surface area (Å²) in [6.45, 7) is 1.80. The van der Waals surface area contributed by atoms with Crippen LogP contribution in [-0.4, -0.2) is 25.3 Å². The molecule has 2 N–H and O–H groups in total. The molecular weight excluding hydrogens is 140 g/mol. The molecule has 0 aliphatic carbocycles. The van der Waals surface area contributed by atoms with Crippen molar-refractivity contribution in [2.24, 2.45) is 5.73 Å². The Morgan fingerprint density at radius 2 is 2.00 bits per heavy atom. The maximum Gasteiger partial charge on any atom is 0.165 e. The molecule has 3 nitrogen and oxygen atoms in total. The fourth-order valence-corrected chi connectivity index (χ4v) is 0.450. The largest absolute Gasteiger partial charge is 0.396 e. The summed E-state index contributed by atoms with van der Waals surface area (Å²) >= 11 is 0. The zero-order valence-corrected chi connectivity index (χ0v) is 7.16. The summed E-state index contributed by atoms with van der Waals surface area (Å²) in [4.78, 5) is 12.0. The topological polar surface area (TPSA) is 46.3 Å². The monoisotopic (exact) mass is 154 g/mol. The number of rotatable bonds is 3. The molecule has 0 saturated carbocycles. The van der Waals surface area contributed by atoms with Gasteiger partial charge in [-0.1, -0.05) is 0 Å². The molecule has 0 saturated heterocycles. The summed E-state index contributed by atoms with van der Waals surface area (Å²) in [5, 5.41) is 0. The van der Waals surface area contributed by atoms with E-state index >= 15 is 0 Å². The lowest BCUT2D eigenvalue weighted by molar-refractivity contribution is -0.105. The Morgan fingerprint density at radius 3 is 2.36 bits per heavy atom. The molecule has 0 unspecified atom stereocenters. The van der Waals surface area contributed by atoms with Crippen LogP contribution in [0.1, 0.15) is 6.92 Å². The second kappa shape index (κ2) is 4.55. The second-order valence-electron chi connectivity index (χ2n) is 2.54. The first-order valence-corrected chi connectivity index (χ1v) is 3.34. The molecule has 0 aromatic heterocycles. The van der Waals surface area contributed by atoms with Gasteiger partial charge in [0.15, 0.2) is 6.29 Å². The Balaban J connectivity index is 4.26. The molecule has 0 fully saturated rings. The summed E-state index contributed by atoms with van der Waals surface area (Å²) in [5.74, 6) is 0. The molecule has 0 aliphatic rings. The van der Waals surface area contributed by atoms with Gasteiger partial charge in [-0.3, -0.25) is 4.79 Å². The minimum atomic E-state index is 0.281. The van der Waals surface area contributed by atoms with Gasteiger partial charge in [0.1, 0.15) is 0 Å². The average Bonchev–Trinajstić information content (AvgIpc) is 1.98. The van der Waals surface area contributed by atoms with Crippen LogP contribution in [-0.2, 0) is 4.79 Å². The summed E-state index contributed by atoms with van der Waals surface area (Å²) in [6.07, 6.45) is 4.28. The Kier molecular flexibility index (Phi) is 4.03. The van der Waals surface area contributed by atoms with E-state index in [9.17, 15) is 4.79 Å². The van der Waals surface area contributed by atoms with Crippen LogP contribution in [0.4, 0.5) is 0 Å². The van der Waals surface area contributed by atoms with E-state index in [2.05, 4.69) is 0 Å². The smallest absolute Gasteiger partial charge is 0.165 e. The lowest BCUT2D eigenvalue weighted by atomic mass is 10.2. The van der Waals surface area contributed by atoms with Gasteiger partial charge >= 0.3 is 0 Å². The summed E-state index contributed by atoms with van der Waals surface area (Å²) in [5.41, 5.74) is 6.41. The van der Waals surface area contributed by atoms with Gasteiger partial charge in [0.25, 0.3) is 0 Å². The first-order valence-electron chi connectivity index (χ1n) is 3.34. The first kappa shape index (κ1) is 9.75. The highest BCUT2D eigenvalue weighted by Crippen LogP contribution is 1.97. The standard InChI is InChI=1S/C8H14N2O/c1-7(8(9)6-11)4-5-10(2)3/h4-6H,9H2,1-3H3/b5-4-,8-7+. The van der Waals surface area contributed by atoms with E-state index in [0.717, 1.165) is 5.57 Å². The van der Waals surface area contributed by atoms with Gasteiger partial charge in [-0.25, -0.2) is 0 Å². The summed E-state index contributed by atoms with van der Waals surface area (Å²) < 4.78 is 0. The van der Waals surface area contributed by atoms with Crippen LogP contribution in [0, 0.1) is 0 Å². The van der Waals surface area contributed by atoms with Crippen molar-refractivity contribution in [3.8, 4) is 0 Å². The zero-order chi connectivity index (χ0) is 8.85. The van der Waals surface area contributed by atoms with Gasteiger partial charge in [-0.15, -0.1) is 0 Å². The van der Waals surface area contributed by atoms with E-state index in [-0.39, 0.29) is 5.70 Å². The van der Waals surface area contributed by atoms with E-state index in [1.165, 1.54) is 0 Å². The van der Waals surface area contributed by atoms with Crippen molar-refractivity contribution >= 4 is 6.29 Å². The molecule has 3 heteroatoms. The number of nitrogens with zero attached hydrogens (tertiary/aromatic N) is 1. The Hall–Kier alpha value is -1.25. The predicted molar refractivity (Wildman–Crippen MR) is 45.8 cm³/mol. The van der Waals surface area contributed by atoms with Crippen molar-refractivity contribution in [1.29, 1.82) is 0 Å². The Morgan fingerprint density at radius 1 is 1.45 bits per heavy atom. The third-order valence-electron chi connectivity index (χ3n) is 1.20. The number of carbonyl (C=O) groups excluding carboxylic acids is 1. The van der Waals surface area contributed by atoms with Gasteiger partial charge in [0.2, 0.25) is 0 Å². The van der Waals surface area contributed by atoms with E-state index in [1.807, 2.05) is 25.2 Å². The van der Waals surface area contributed by atoms with Crippen molar-refractivity contribution in [1.82, 2.24) is 4.90 Å². The van der Waals surface area contributed by atoms with Crippen LogP contribution in [0.2, 0.25) is 0 Å². The highest BCUT2D eigenvalue weighted by molar-refractivity contribution is 5.73. The molecule has 0 amide bonds. The highest BCUT2D eigenvalue weighted by atomic mass is 16.1. The molecule has 0 aromatic rings. The molecule has 0 atom stereocenters. The van der Waals surface area contributed by atoms with E-state index in [1.54, 1.807) is 13.0 Å². The van der Waals surface area contributed by atoms with Crippen LogP contribution in [0.5, 0.6) is 0 Å². The maximum absolute atomic E-state index is 10.2. The lowest BCUT2D eigenvalue weighted by Gasteiger charge is -2.03. The van der Waals surface area contributed by atoms with Crippen molar-refractivity contribution in [2.75, 3.05) is 14.1 Å². The number of aldehydes is 1. The van der Waals surface area contributed by atoms with Crippen molar-refractivity contribution in [3.63, 3.8) is 0 Å². The molecule has 0 bridgehead atoms. The zero-order valence-electron chi connectivity index (χ0n) is 7.16. The second-order valence-corrected chi connectivity index (χ2v) is 2.54. The highest BCUT2D eigenvalue weighted by Gasteiger charge is 1.89.